The Morgan fingerprint density at radius 1 is 1.12 bits per heavy atom. The zero-order valence-electron chi connectivity index (χ0n) is 14.1. The number of hydrogen-bond donors (Lipinski definition) is 1. The maximum Gasteiger partial charge on any atom is 0.334 e. The van der Waals surface area contributed by atoms with Crippen LogP contribution in [0, 0.1) is 21.8 Å². The quantitative estimate of drug-likeness (QED) is 0.369. The molecule has 0 aliphatic carbocycles. The Bertz CT molecular complexity index is 821. The summed E-state index contributed by atoms with van der Waals surface area (Å²) in [6, 6.07) is 9.37. The number of nitrogens with zero attached hydrogens (tertiary/aromatic N) is 1. The second-order valence-electron chi connectivity index (χ2n) is 5.85. The molecule has 0 unspecified atom stereocenters. The number of nitro benzene ring substituents is 1. The molecule has 2 aromatic rings. The Kier molecular flexibility index (Phi) is 6.00. The lowest BCUT2D eigenvalue weighted by molar-refractivity contribution is -0.384. The fourth-order valence-corrected chi connectivity index (χ4v) is 2.18. The van der Waals surface area contributed by atoms with Crippen molar-refractivity contribution >= 4 is 17.6 Å². The molecule has 8 heteroatoms. The lowest BCUT2D eigenvalue weighted by Gasteiger charge is -2.20. The van der Waals surface area contributed by atoms with Crippen LogP contribution >= 0.6 is 0 Å². The molecular weight excluding hydrogens is 343 g/mol. The van der Waals surface area contributed by atoms with Gasteiger partial charge in [0.1, 0.15) is 17.6 Å². The molecule has 0 bridgehead atoms. The highest BCUT2D eigenvalue weighted by atomic mass is 19.1. The highest BCUT2D eigenvalue weighted by Crippen LogP contribution is 2.19. The first-order chi connectivity index (χ1) is 12.3. The van der Waals surface area contributed by atoms with Crippen LogP contribution in [0.3, 0.4) is 0 Å². The van der Waals surface area contributed by atoms with E-state index in [0.717, 1.165) is 6.07 Å². The number of nitro groups is 1. The van der Waals surface area contributed by atoms with Crippen LogP contribution in [0.25, 0.3) is 0 Å². The number of hydrogen-bond acceptors (Lipinski definition) is 5. The summed E-state index contributed by atoms with van der Waals surface area (Å²) in [4.78, 5) is 34.6. The highest BCUT2D eigenvalue weighted by Gasteiger charge is 2.27. The van der Waals surface area contributed by atoms with E-state index in [4.69, 9.17) is 4.74 Å². The summed E-state index contributed by atoms with van der Waals surface area (Å²) in [6.07, 6.45) is 0. The molecule has 136 valence electrons. The lowest BCUT2D eigenvalue weighted by Crippen LogP contribution is -2.46. The molecule has 26 heavy (non-hydrogen) atoms. The van der Waals surface area contributed by atoms with Crippen LogP contribution in [0.15, 0.2) is 48.5 Å². The van der Waals surface area contributed by atoms with Crippen molar-refractivity contribution in [3.8, 4) is 5.75 Å². The standard InChI is InChI=1S/C18H17FN2O5/c1-11(2)16(20-17(22)14-5-3-4-6-15(14)19)18(23)26-13-9-7-12(8-10-13)21(24)25/h3-11,16H,1-2H3,(H,20,22)/t16-/m0/s1. The Labute approximate surface area is 148 Å². The Morgan fingerprint density at radius 2 is 1.73 bits per heavy atom. The molecule has 0 aliphatic heterocycles. The zero-order valence-corrected chi connectivity index (χ0v) is 14.1. The van der Waals surface area contributed by atoms with Crippen molar-refractivity contribution < 1.29 is 23.6 Å². The van der Waals surface area contributed by atoms with E-state index in [1.54, 1.807) is 13.8 Å². The van der Waals surface area contributed by atoms with E-state index in [2.05, 4.69) is 5.32 Å². The molecule has 0 saturated heterocycles. The second kappa shape index (κ2) is 8.19. The normalized spacial score (nSPS) is 11.7. The number of nitrogens with one attached hydrogen (secondary N) is 1. The number of carbonyl (C=O) groups excluding carboxylic acids is 2. The van der Waals surface area contributed by atoms with Gasteiger partial charge >= 0.3 is 5.97 Å². The number of halogens is 1. The van der Waals surface area contributed by atoms with Gasteiger partial charge in [0.15, 0.2) is 0 Å². The summed E-state index contributed by atoms with van der Waals surface area (Å²) < 4.78 is 18.9. The largest absolute Gasteiger partial charge is 0.425 e. The number of esters is 1. The zero-order chi connectivity index (χ0) is 19.3. The molecular formula is C18H17FN2O5. The Balaban J connectivity index is 2.11. The van der Waals surface area contributed by atoms with E-state index in [0.29, 0.717) is 0 Å². The smallest absolute Gasteiger partial charge is 0.334 e. The van der Waals surface area contributed by atoms with Crippen LogP contribution in [0.4, 0.5) is 10.1 Å². The van der Waals surface area contributed by atoms with E-state index in [-0.39, 0.29) is 22.9 Å². The molecule has 0 saturated carbocycles. The minimum atomic E-state index is -1.02. The average molecular weight is 360 g/mol. The molecule has 1 amide bonds. The Hall–Kier alpha value is -3.29. The van der Waals surface area contributed by atoms with Crippen molar-refractivity contribution in [3.05, 3.63) is 70.0 Å². The maximum atomic E-state index is 13.7. The molecule has 7 nitrogen and oxygen atoms in total. The predicted molar refractivity (Wildman–Crippen MR) is 91.2 cm³/mol. The van der Waals surface area contributed by atoms with Crippen LogP contribution in [0.1, 0.15) is 24.2 Å². The van der Waals surface area contributed by atoms with Crippen molar-refractivity contribution in [1.82, 2.24) is 5.32 Å². The Morgan fingerprint density at radius 3 is 2.27 bits per heavy atom. The van der Waals surface area contributed by atoms with E-state index in [1.165, 1.54) is 42.5 Å². The van der Waals surface area contributed by atoms with Crippen molar-refractivity contribution in [2.24, 2.45) is 5.92 Å². The molecule has 0 spiro atoms. The molecule has 2 aromatic carbocycles. The molecule has 1 atom stereocenters. The third-order valence-electron chi connectivity index (χ3n) is 3.59. The molecule has 0 aromatic heterocycles. The minimum Gasteiger partial charge on any atom is -0.425 e. The summed E-state index contributed by atoms with van der Waals surface area (Å²) in [7, 11) is 0. The molecule has 0 fully saturated rings. The monoisotopic (exact) mass is 360 g/mol. The predicted octanol–water partition coefficient (Wildman–Crippen LogP) is 3.09. The van der Waals surface area contributed by atoms with Crippen molar-refractivity contribution in [2.75, 3.05) is 0 Å². The number of non-ortho nitro benzene ring substituents is 1. The third kappa shape index (κ3) is 4.62. The van der Waals surface area contributed by atoms with Gasteiger partial charge in [0.25, 0.3) is 11.6 Å². The number of carbonyl (C=O) groups is 2. The summed E-state index contributed by atoms with van der Waals surface area (Å²) in [6.45, 7) is 3.40. The molecule has 0 radical (unpaired) electrons. The van der Waals surface area contributed by atoms with E-state index < -0.39 is 28.7 Å². The van der Waals surface area contributed by atoms with Crippen LogP contribution in [0.5, 0.6) is 5.75 Å². The van der Waals surface area contributed by atoms with E-state index in [9.17, 15) is 24.1 Å². The fraction of sp³-hybridized carbons (Fsp3) is 0.222. The van der Waals surface area contributed by atoms with Crippen molar-refractivity contribution in [3.63, 3.8) is 0 Å². The van der Waals surface area contributed by atoms with Gasteiger partial charge in [-0.2, -0.15) is 0 Å². The van der Waals surface area contributed by atoms with Crippen LogP contribution in [-0.4, -0.2) is 22.8 Å². The minimum absolute atomic E-state index is 0.103. The topological polar surface area (TPSA) is 98.5 Å². The second-order valence-corrected chi connectivity index (χ2v) is 5.85. The summed E-state index contributed by atoms with van der Waals surface area (Å²) in [5.41, 5.74) is -0.320. The summed E-state index contributed by atoms with van der Waals surface area (Å²) >= 11 is 0. The van der Waals surface area contributed by atoms with Gasteiger partial charge in [0.2, 0.25) is 0 Å². The van der Waals surface area contributed by atoms with Crippen LogP contribution in [0.2, 0.25) is 0 Å². The lowest BCUT2D eigenvalue weighted by atomic mass is 10.0. The van der Waals surface area contributed by atoms with Crippen molar-refractivity contribution in [2.45, 2.75) is 19.9 Å². The van der Waals surface area contributed by atoms with Gasteiger partial charge in [-0.25, -0.2) is 9.18 Å². The SMILES string of the molecule is CC(C)[C@H](NC(=O)c1ccccc1F)C(=O)Oc1ccc([N+](=O)[O-])cc1. The van der Waals surface area contributed by atoms with Gasteiger partial charge in [-0.1, -0.05) is 26.0 Å². The molecule has 1 N–H and O–H groups in total. The van der Waals surface area contributed by atoms with E-state index in [1.807, 2.05) is 0 Å². The van der Waals surface area contributed by atoms with Gasteiger partial charge in [-0.05, 0) is 30.2 Å². The summed E-state index contributed by atoms with van der Waals surface area (Å²) in [5.74, 6) is -2.40. The number of rotatable bonds is 6. The average Bonchev–Trinajstić information content (AvgIpc) is 2.59. The number of ether oxygens (including phenoxy) is 1. The fourth-order valence-electron chi connectivity index (χ4n) is 2.18. The van der Waals surface area contributed by atoms with Gasteiger partial charge in [0.05, 0.1) is 10.5 Å². The third-order valence-corrected chi connectivity index (χ3v) is 3.59. The first kappa shape index (κ1) is 19.0. The molecule has 0 heterocycles. The van der Waals surface area contributed by atoms with Crippen molar-refractivity contribution in [1.29, 1.82) is 0 Å². The number of amides is 1. The number of benzene rings is 2. The first-order valence-electron chi connectivity index (χ1n) is 7.81. The van der Waals surface area contributed by atoms with Gasteiger partial charge in [-0.15, -0.1) is 0 Å². The highest BCUT2D eigenvalue weighted by molar-refractivity contribution is 5.97. The van der Waals surface area contributed by atoms with E-state index >= 15 is 0 Å². The van der Waals surface area contributed by atoms with Gasteiger partial charge in [0, 0.05) is 12.1 Å². The van der Waals surface area contributed by atoms with Gasteiger partial charge in [-0.3, -0.25) is 14.9 Å². The van der Waals surface area contributed by atoms with Crippen LogP contribution < -0.4 is 10.1 Å². The first-order valence-corrected chi connectivity index (χ1v) is 7.81. The van der Waals surface area contributed by atoms with Crippen LogP contribution in [-0.2, 0) is 4.79 Å². The molecule has 0 aliphatic rings. The summed E-state index contributed by atoms with van der Waals surface area (Å²) in [5, 5.41) is 13.1. The maximum absolute atomic E-state index is 13.7. The van der Waals surface area contributed by atoms with Gasteiger partial charge < -0.3 is 10.1 Å². The molecule has 2 rings (SSSR count).